The summed E-state index contributed by atoms with van der Waals surface area (Å²) in [6, 6.07) is 22.6. The lowest BCUT2D eigenvalue weighted by molar-refractivity contribution is 0.0561. The van der Waals surface area contributed by atoms with Crippen LogP contribution in [0.2, 0.25) is 0 Å². The summed E-state index contributed by atoms with van der Waals surface area (Å²) >= 11 is 0. The van der Waals surface area contributed by atoms with E-state index >= 15 is 0 Å². The SMILES string of the molecule is Cc1oc(-c2ccc(-c3ccccc3)cc2)nc1CN1CCC(C(O)c2cccnc2)CC1. The molecule has 2 aromatic heterocycles. The number of hydrogen-bond acceptors (Lipinski definition) is 5. The summed E-state index contributed by atoms with van der Waals surface area (Å²) in [5.74, 6) is 1.81. The molecule has 0 bridgehead atoms. The van der Waals surface area contributed by atoms with Crippen molar-refractivity contribution in [1.82, 2.24) is 14.9 Å². The van der Waals surface area contributed by atoms with Crippen molar-refractivity contribution in [3.63, 3.8) is 0 Å². The fourth-order valence-electron chi connectivity index (χ4n) is 4.60. The van der Waals surface area contributed by atoms with E-state index in [9.17, 15) is 5.11 Å². The average molecular weight is 440 g/mol. The second-order valence-corrected chi connectivity index (χ2v) is 8.81. The smallest absolute Gasteiger partial charge is 0.226 e. The van der Waals surface area contributed by atoms with Crippen molar-refractivity contribution < 1.29 is 9.52 Å². The number of oxazole rings is 1. The quantitative estimate of drug-likeness (QED) is 0.420. The first kappa shape index (κ1) is 21.6. The van der Waals surface area contributed by atoms with Gasteiger partial charge in [0.05, 0.1) is 11.8 Å². The fourth-order valence-corrected chi connectivity index (χ4v) is 4.60. The molecule has 1 aliphatic rings. The maximum absolute atomic E-state index is 10.7. The molecule has 1 saturated heterocycles. The maximum atomic E-state index is 10.7. The zero-order valence-corrected chi connectivity index (χ0v) is 18.9. The molecule has 0 amide bonds. The van der Waals surface area contributed by atoms with Crippen molar-refractivity contribution in [2.24, 2.45) is 5.92 Å². The third-order valence-electron chi connectivity index (χ3n) is 6.61. The maximum Gasteiger partial charge on any atom is 0.226 e. The number of rotatable bonds is 6. The lowest BCUT2D eigenvalue weighted by Crippen LogP contribution is -2.35. The molecule has 1 unspecified atom stereocenters. The van der Waals surface area contributed by atoms with E-state index in [1.807, 2.05) is 25.1 Å². The van der Waals surface area contributed by atoms with Gasteiger partial charge in [-0.15, -0.1) is 0 Å². The number of aryl methyl sites for hydroxylation is 1. The average Bonchev–Trinajstić information content (AvgIpc) is 3.25. The molecule has 0 radical (unpaired) electrons. The second kappa shape index (κ2) is 9.69. The van der Waals surface area contributed by atoms with Gasteiger partial charge >= 0.3 is 0 Å². The molecule has 0 saturated carbocycles. The summed E-state index contributed by atoms with van der Waals surface area (Å²) in [5.41, 5.74) is 5.27. The van der Waals surface area contributed by atoms with Gasteiger partial charge in [-0.2, -0.15) is 0 Å². The van der Waals surface area contributed by atoms with Crippen molar-refractivity contribution in [2.45, 2.75) is 32.4 Å². The molecule has 168 valence electrons. The number of nitrogens with zero attached hydrogens (tertiary/aromatic N) is 3. The Kier molecular flexibility index (Phi) is 6.33. The van der Waals surface area contributed by atoms with Crippen molar-refractivity contribution in [3.05, 3.63) is 96.1 Å². The lowest BCUT2D eigenvalue weighted by atomic mass is 9.88. The number of benzene rings is 2. The molecule has 1 N–H and O–H groups in total. The summed E-state index contributed by atoms with van der Waals surface area (Å²) in [6.07, 6.45) is 4.98. The molecular formula is C28H29N3O2. The van der Waals surface area contributed by atoms with Crippen molar-refractivity contribution in [2.75, 3.05) is 13.1 Å². The summed E-state index contributed by atoms with van der Waals surface area (Å²) < 4.78 is 6.02. The number of likely N-dealkylation sites (tertiary alicyclic amines) is 1. The van der Waals surface area contributed by atoms with Crippen LogP contribution in [0.25, 0.3) is 22.6 Å². The molecule has 1 fully saturated rings. The van der Waals surface area contributed by atoms with E-state index in [1.54, 1.807) is 12.4 Å². The first-order valence-corrected chi connectivity index (χ1v) is 11.6. The highest BCUT2D eigenvalue weighted by Crippen LogP contribution is 2.31. The van der Waals surface area contributed by atoms with Gasteiger partial charge in [-0.05, 0) is 73.7 Å². The predicted octanol–water partition coefficient (Wildman–Crippen LogP) is 5.66. The van der Waals surface area contributed by atoms with Gasteiger partial charge in [-0.25, -0.2) is 4.98 Å². The molecule has 5 heteroatoms. The monoisotopic (exact) mass is 439 g/mol. The van der Waals surface area contributed by atoms with Gasteiger partial charge in [0.25, 0.3) is 0 Å². The van der Waals surface area contributed by atoms with Crippen LogP contribution in [-0.4, -0.2) is 33.1 Å². The van der Waals surface area contributed by atoms with E-state index in [0.29, 0.717) is 5.89 Å². The Morgan fingerprint density at radius 3 is 2.33 bits per heavy atom. The summed E-state index contributed by atoms with van der Waals surface area (Å²) in [5, 5.41) is 10.7. The molecule has 0 aliphatic carbocycles. The van der Waals surface area contributed by atoms with Crippen LogP contribution in [0.15, 0.2) is 83.5 Å². The number of aliphatic hydroxyl groups excluding tert-OH is 1. The fraction of sp³-hybridized carbons (Fsp3) is 0.286. The minimum Gasteiger partial charge on any atom is -0.441 e. The van der Waals surface area contributed by atoms with Crippen LogP contribution in [0, 0.1) is 12.8 Å². The first-order valence-electron chi connectivity index (χ1n) is 11.6. The Hall–Kier alpha value is -3.28. The van der Waals surface area contributed by atoms with Crippen LogP contribution in [0.5, 0.6) is 0 Å². The molecule has 4 aromatic rings. The Balaban J connectivity index is 1.21. The topological polar surface area (TPSA) is 62.4 Å². The Bertz CT molecular complexity index is 1170. The third-order valence-corrected chi connectivity index (χ3v) is 6.61. The standard InChI is InChI=1S/C28H29N3O2/c1-20-26(19-31-16-13-23(14-17-31)27(32)25-8-5-15-29-18-25)30-28(33-20)24-11-9-22(10-12-24)21-6-3-2-4-7-21/h2-12,15,18,23,27,32H,13-14,16-17,19H2,1H3. The molecule has 1 aliphatic heterocycles. The van der Waals surface area contributed by atoms with E-state index in [-0.39, 0.29) is 5.92 Å². The van der Waals surface area contributed by atoms with E-state index < -0.39 is 6.10 Å². The van der Waals surface area contributed by atoms with Gasteiger partial charge in [0, 0.05) is 24.5 Å². The minimum atomic E-state index is -0.444. The number of pyridine rings is 1. The highest BCUT2D eigenvalue weighted by Gasteiger charge is 2.27. The van der Waals surface area contributed by atoms with Crippen LogP contribution in [0.3, 0.4) is 0 Å². The normalized spacial score (nSPS) is 16.1. The van der Waals surface area contributed by atoms with Gasteiger partial charge in [0.1, 0.15) is 5.76 Å². The molecule has 5 nitrogen and oxygen atoms in total. The molecule has 5 rings (SSSR count). The number of aromatic nitrogens is 2. The third kappa shape index (κ3) is 4.90. The number of piperidine rings is 1. The Labute approximate surface area is 194 Å². The van der Waals surface area contributed by atoms with Crippen molar-refractivity contribution in [3.8, 4) is 22.6 Å². The highest BCUT2D eigenvalue weighted by atomic mass is 16.4. The lowest BCUT2D eigenvalue weighted by Gasteiger charge is -2.33. The predicted molar refractivity (Wildman–Crippen MR) is 129 cm³/mol. The van der Waals surface area contributed by atoms with E-state index in [0.717, 1.165) is 55.1 Å². The molecule has 0 spiro atoms. The van der Waals surface area contributed by atoms with E-state index in [1.165, 1.54) is 11.1 Å². The highest BCUT2D eigenvalue weighted by molar-refractivity contribution is 5.67. The largest absolute Gasteiger partial charge is 0.441 e. The summed E-state index contributed by atoms with van der Waals surface area (Å²) in [6.45, 7) is 4.64. The second-order valence-electron chi connectivity index (χ2n) is 8.81. The number of aliphatic hydroxyl groups is 1. The van der Waals surface area contributed by atoms with Gasteiger partial charge in [-0.1, -0.05) is 48.5 Å². The molecule has 1 atom stereocenters. The van der Waals surface area contributed by atoms with E-state index in [4.69, 9.17) is 9.40 Å². The van der Waals surface area contributed by atoms with Crippen LogP contribution in [-0.2, 0) is 6.54 Å². The molecular weight excluding hydrogens is 410 g/mol. The van der Waals surface area contributed by atoms with Crippen LogP contribution in [0.4, 0.5) is 0 Å². The van der Waals surface area contributed by atoms with Crippen molar-refractivity contribution in [1.29, 1.82) is 0 Å². The van der Waals surface area contributed by atoms with Gasteiger partial charge in [0.15, 0.2) is 0 Å². The van der Waals surface area contributed by atoms with Gasteiger partial charge in [0.2, 0.25) is 5.89 Å². The van der Waals surface area contributed by atoms with Crippen molar-refractivity contribution >= 4 is 0 Å². The summed E-state index contributed by atoms with van der Waals surface area (Å²) in [4.78, 5) is 11.4. The minimum absolute atomic E-state index is 0.266. The molecule has 33 heavy (non-hydrogen) atoms. The zero-order chi connectivity index (χ0) is 22.6. The van der Waals surface area contributed by atoms with Crippen LogP contribution >= 0.6 is 0 Å². The Morgan fingerprint density at radius 2 is 1.64 bits per heavy atom. The molecule has 2 aromatic carbocycles. The Morgan fingerprint density at radius 1 is 0.939 bits per heavy atom. The number of hydrogen-bond donors (Lipinski definition) is 1. The summed E-state index contributed by atoms with van der Waals surface area (Å²) in [7, 11) is 0. The van der Waals surface area contributed by atoms with Gasteiger partial charge in [-0.3, -0.25) is 9.88 Å². The van der Waals surface area contributed by atoms with Crippen LogP contribution in [0.1, 0.15) is 36.0 Å². The van der Waals surface area contributed by atoms with Gasteiger partial charge < -0.3 is 9.52 Å². The van der Waals surface area contributed by atoms with E-state index in [2.05, 4.69) is 58.4 Å². The molecule has 3 heterocycles. The van der Waals surface area contributed by atoms with Crippen LogP contribution < -0.4 is 0 Å². The first-order chi connectivity index (χ1) is 16.2. The zero-order valence-electron chi connectivity index (χ0n) is 18.9.